The highest BCUT2D eigenvalue weighted by Gasteiger charge is 2.16. The van der Waals surface area contributed by atoms with Crippen LogP contribution in [0.3, 0.4) is 0 Å². The third kappa shape index (κ3) is 5.28. The summed E-state index contributed by atoms with van der Waals surface area (Å²) in [6.07, 6.45) is 0.266. The molecule has 0 spiro atoms. The van der Waals surface area contributed by atoms with E-state index in [1.807, 2.05) is 24.3 Å². The third-order valence-corrected chi connectivity index (χ3v) is 4.89. The fraction of sp³-hybridized carbons (Fsp3) is 0.391. The number of hydrogen-bond acceptors (Lipinski definition) is 5. The Bertz CT molecular complexity index is 862. The molecule has 0 aromatic heterocycles. The second-order valence-electron chi connectivity index (χ2n) is 7.26. The first kappa shape index (κ1) is 20.7. The maximum absolute atomic E-state index is 12.4. The van der Waals surface area contributed by atoms with E-state index in [-0.39, 0.29) is 24.5 Å². The summed E-state index contributed by atoms with van der Waals surface area (Å²) in [4.78, 5) is 26.9. The minimum absolute atomic E-state index is 0.0945. The second kappa shape index (κ2) is 9.45. The Hall–Kier alpha value is -3.02. The van der Waals surface area contributed by atoms with Crippen LogP contribution in [-0.2, 0) is 4.79 Å². The molecule has 1 aliphatic rings. The van der Waals surface area contributed by atoms with E-state index in [2.05, 4.69) is 31.0 Å². The molecule has 0 atom stereocenters. The Morgan fingerprint density at radius 1 is 1.00 bits per heavy atom. The van der Waals surface area contributed by atoms with Gasteiger partial charge in [0.2, 0.25) is 5.91 Å². The lowest BCUT2D eigenvalue weighted by Gasteiger charge is -2.27. The van der Waals surface area contributed by atoms with E-state index in [0.717, 1.165) is 17.9 Å². The molecular formula is C23H28N2O4. The maximum Gasteiger partial charge on any atom is 0.224 e. The molecule has 3 rings (SSSR count). The molecule has 0 aliphatic carbocycles. The van der Waals surface area contributed by atoms with Gasteiger partial charge in [-0.2, -0.15) is 0 Å². The summed E-state index contributed by atoms with van der Waals surface area (Å²) >= 11 is 0. The number of carbonyl (C=O) groups excluding carboxylic acids is 2. The van der Waals surface area contributed by atoms with E-state index in [0.29, 0.717) is 36.3 Å². The van der Waals surface area contributed by atoms with Crippen LogP contribution in [0.25, 0.3) is 0 Å². The number of anilines is 2. The zero-order valence-corrected chi connectivity index (χ0v) is 17.2. The highest BCUT2D eigenvalue weighted by Crippen LogP contribution is 2.31. The molecule has 1 amide bonds. The molecule has 1 heterocycles. The van der Waals surface area contributed by atoms with Gasteiger partial charge in [0.15, 0.2) is 17.3 Å². The number of amides is 1. The SMILES string of the molecule is CCN(c1ccc(NC(=O)CCC(=O)c2ccc3c(c2)OCCO3)cc1)C(C)C. The van der Waals surface area contributed by atoms with Crippen molar-refractivity contribution in [2.24, 2.45) is 0 Å². The van der Waals surface area contributed by atoms with Gasteiger partial charge in [0.05, 0.1) is 0 Å². The van der Waals surface area contributed by atoms with Gasteiger partial charge in [-0.25, -0.2) is 0 Å². The van der Waals surface area contributed by atoms with Crippen LogP contribution in [0, 0.1) is 0 Å². The molecule has 0 fully saturated rings. The summed E-state index contributed by atoms with van der Waals surface area (Å²) in [5.41, 5.74) is 2.37. The van der Waals surface area contributed by atoms with Crippen LogP contribution in [0.2, 0.25) is 0 Å². The lowest BCUT2D eigenvalue weighted by Crippen LogP contribution is -2.30. The van der Waals surface area contributed by atoms with E-state index in [9.17, 15) is 9.59 Å². The van der Waals surface area contributed by atoms with Gasteiger partial charge in [0.25, 0.3) is 0 Å². The first-order valence-corrected chi connectivity index (χ1v) is 10.1. The Balaban J connectivity index is 1.52. The maximum atomic E-state index is 12.4. The fourth-order valence-corrected chi connectivity index (χ4v) is 3.39. The highest BCUT2D eigenvalue weighted by molar-refractivity contribution is 6.00. The summed E-state index contributed by atoms with van der Waals surface area (Å²) in [5, 5.41) is 2.86. The molecule has 0 saturated carbocycles. The first-order valence-electron chi connectivity index (χ1n) is 10.1. The summed E-state index contributed by atoms with van der Waals surface area (Å²) in [7, 11) is 0. The monoisotopic (exact) mass is 396 g/mol. The van der Waals surface area contributed by atoms with Gasteiger partial charge in [-0.05, 0) is 63.2 Å². The molecule has 0 unspecified atom stereocenters. The highest BCUT2D eigenvalue weighted by atomic mass is 16.6. The minimum atomic E-state index is -0.181. The molecule has 0 bridgehead atoms. The lowest BCUT2D eigenvalue weighted by molar-refractivity contribution is -0.116. The Morgan fingerprint density at radius 3 is 2.34 bits per heavy atom. The predicted molar refractivity (Wildman–Crippen MR) is 114 cm³/mol. The average Bonchev–Trinajstić information content (AvgIpc) is 2.73. The van der Waals surface area contributed by atoms with Gasteiger partial charge >= 0.3 is 0 Å². The number of ether oxygens (including phenoxy) is 2. The minimum Gasteiger partial charge on any atom is -0.486 e. The molecule has 1 aliphatic heterocycles. The molecular weight excluding hydrogens is 368 g/mol. The van der Waals surface area contributed by atoms with Crippen molar-refractivity contribution in [1.29, 1.82) is 0 Å². The molecule has 2 aromatic rings. The molecule has 6 heteroatoms. The lowest BCUT2D eigenvalue weighted by atomic mass is 10.1. The molecule has 154 valence electrons. The van der Waals surface area contributed by atoms with E-state index >= 15 is 0 Å². The van der Waals surface area contributed by atoms with Crippen molar-refractivity contribution in [2.75, 3.05) is 30.0 Å². The van der Waals surface area contributed by atoms with Crippen LogP contribution in [-0.4, -0.2) is 37.5 Å². The van der Waals surface area contributed by atoms with Crippen molar-refractivity contribution in [3.8, 4) is 11.5 Å². The van der Waals surface area contributed by atoms with Crippen LogP contribution in [0.4, 0.5) is 11.4 Å². The van der Waals surface area contributed by atoms with E-state index < -0.39 is 0 Å². The summed E-state index contributed by atoms with van der Waals surface area (Å²) in [6, 6.07) is 13.3. The molecule has 1 N–H and O–H groups in total. The number of fused-ring (bicyclic) bond motifs is 1. The van der Waals surface area contributed by atoms with Crippen LogP contribution in [0.1, 0.15) is 44.0 Å². The van der Waals surface area contributed by atoms with Crippen molar-refractivity contribution >= 4 is 23.1 Å². The summed E-state index contributed by atoms with van der Waals surface area (Å²) in [6.45, 7) is 8.32. The van der Waals surface area contributed by atoms with Gasteiger partial charge in [0.1, 0.15) is 13.2 Å². The topological polar surface area (TPSA) is 67.9 Å². The van der Waals surface area contributed by atoms with Gasteiger partial charge in [-0.3, -0.25) is 9.59 Å². The molecule has 0 radical (unpaired) electrons. The number of Topliss-reactive ketones (excluding diaryl/α,β-unsaturated/α-hetero) is 1. The predicted octanol–water partition coefficient (Wildman–Crippen LogP) is 4.29. The first-order chi connectivity index (χ1) is 14.0. The standard InChI is InChI=1S/C23H28N2O4/c1-4-25(16(2)3)19-8-6-18(7-9-19)24-23(27)12-10-20(26)17-5-11-21-22(15-17)29-14-13-28-21/h5-9,11,15-16H,4,10,12-14H2,1-3H3,(H,24,27). The Morgan fingerprint density at radius 2 is 1.69 bits per heavy atom. The van der Waals surface area contributed by atoms with Gasteiger partial charge in [-0.15, -0.1) is 0 Å². The zero-order chi connectivity index (χ0) is 20.8. The van der Waals surface area contributed by atoms with Crippen molar-refractivity contribution in [1.82, 2.24) is 0 Å². The number of carbonyl (C=O) groups is 2. The second-order valence-corrected chi connectivity index (χ2v) is 7.26. The van der Waals surface area contributed by atoms with Crippen molar-refractivity contribution in [3.05, 3.63) is 48.0 Å². The van der Waals surface area contributed by atoms with Crippen molar-refractivity contribution in [3.63, 3.8) is 0 Å². The van der Waals surface area contributed by atoms with Crippen LogP contribution >= 0.6 is 0 Å². The van der Waals surface area contributed by atoms with E-state index in [1.54, 1.807) is 18.2 Å². The number of rotatable bonds is 8. The smallest absolute Gasteiger partial charge is 0.224 e. The van der Waals surface area contributed by atoms with Crippen LogP contribution < -0.4 is 19.7 Å². The van der Waals surface area contributed by atoms with Gasteiger partial charge in [-0.1, -0.05) is 0 Å². The fourth-order valence-electron chi connectivity index (χ4n) is 3.39. The number of benzene rings is 2. The normalized spacial score (nSPS) is 12.6. The largest absolute Gasteiger partial charge is 0.486 e. The summed E-state index contributed by atoms with van der Waals surface area (Å²) < 4.78 is 11.0. The van der Waals surface area contributed by atoms with E-state index in [1.165, 1.54) is 0 Å². The Kier molecular flexibility index (Phi) is 6.75. The summed E-state index contributed by atoms with van der Waals surface area (Å²) in [5.74, 6) is 0.949. The average molecular weight is 396 g/mol. The van der Waals surface area contributed by atoms with Crippen LogP contribution in [0.5, 0.6) is 11.5 Å². The molecule has 6 nitrogen and oxygen atoms in total. The third-order valence-electron chi connectivity index (χ3n) is 4.89. The van der Waals surface area contributed by atoms with Crippen molar-refractivity contribution < 1.29 is 19.1 Å². The molecule has 29 heavy (non-hydrogen) atoms. The number of ketones is 1. The van der Waals surface area contributed by atoms with Crippen LogP contribution in [0.15, 0.2) is 42.5 Å². The van der Waals surface area contributed by atoms with Gasteiger partial charge < -0.3 is 19.7 Å². The molecule has 2 aromatic carbocycles. The number of nitrogens with one attached hydrogen (secondary N) is 1. The van der Waals surface area contributed by atoms with Crippen molar-refractivity contribution in [2.45, 2.75) is 39.7 Å². The van der Waals surface area contributed by atoms with Gasteiger partial charge in [0, 0.05) is 42.4 Å². The number of hydrogen-bond donors (Lipinski definition) is 1. The quantitative estimate of drug-likeness (QED) is 0.674. The van der Waals surface area contributed by atoms with E-state index in [4.69, 9.17) is 9.47 Å². The Labute approximate surface area is 171 Å². The number of nitrogens with zero attached hydrogens (tertiary/aromatic N) is 1. The molecule has 0 saturated heterocycles. The zero-order valence-electron chi connectivity index (χ0n) is 17.2.